The van der Waals surface area contributed by atoms with Crippen LogP contribution in [-0.2, 0) is 16.0 Å². The van der Waals surface area contributed by atoms with Gasteiger partial charge in [-0.3, -0.25) is 9.59 Å². The van der Waals surface area contributed by atoms with Crippen LogP contribution in [0, 0.1) is 6.92 Å². The Morgan fingerprint density at radius 1 is 1.27 bits per heavy atom. The van der Waals surface area contributed by atoms with Gasteiger partial charge in [-0.25, -0.2) is 4.79 Å². The highest BCUT2D eigenvalue weighted by Crippen LogP contribution is 2.34. The molecule has 0 fully saturated rings. The SMILES string of the molecule is CCOC(=O)c1c(NC(=O)CN2c3ccccc3CCC2C)sc(C(=O)NC)c1C. The fourth-order valence-corrected chi connectivity index (χ4v) is 4.86. The van der Waals surface area contributed by atoms with Gasteiger partial charge in [-0.1, -0.05) is 18.2 Å². The van der Waals surface area contributed by atoms with Crippen molar-refractivity contribution in [1.82, 2.24) is 5.32 Å². The standard InChI is InChI=1S/C22H27N3O4S/c1-5-29-22(28)18-14(3)19(20(27)23-4)30-21(18)24-17(26)12-25-13(2)10-11-15-8-6-7-9-16(15)25/h6-9,13H,5,10-12H2,1-4H3,(H,23,27)(H,24,26). The number of benzene rings is 1. The van der Waals surface area contributed by atoms with E-state index >= 15 is 0 Å². The van der Waals surface area contributed by atoms with Crippen LogP contribution in [0.15, 0.2) is 24.3 Å². The number of hydrogen-bond acceptors (Lipinski definition) is 6. The second-order valence-corrected chi connectivity index (χ2v) is 8.27. The van der Waals surface area contributed by atoms with E-state index in [0.29, 0.717) is 15.4 Å². The van der Waals surface area contributed by atoms with Crippen LogP contribution in [0.1, 0.15) is 51.4 Å². The Morgan fingerprint density at radius 2 is 2.00 bits per heavy atom. The third kappa shape index (κ3) is 4.33. The smallest absolute Gasteiger partial charge is 0.341 e. The summed E-state index contributed by atoms with van der Waals surface area (Å²) in [5, 5.41) is 5.75. The number of esters is 1. The summed E-state index contributed by atoms with van der Waals surface area (Å²) in [6.45, 7) is 5.87. The van der Waals surface area contributed by atoms with Crippen molar-refractivity contribution in [2.45, 2.75) is 39.7 Å². The molecule has 0 radical (unpaired) electrons. The van der Waals surface area contributed by atoms with Gasteiger partial charge in [0.1, 0.15) is 5.00 Å². The topological polar surface area (TPSA) is 87.7 Å². The fraction of sp³-hybridized carbons (Fsp3) is 0.409. The summed E-state index contributed by atoms with van der Waals surface area (Å²) in [5.41, 5.74) is 3.03. The van der Waals surface area contributed by atoms with Gasteiger partial charge in [0.25, 0.3) is 5.91 Å². The first-order chi connectivity index (χ1) is 14.4. The van der Waals surface area contributed by atoms with E-state index < -0.39 is 5.97 Å². The number of anilines is 2. The van der Waals surface area contributed by atoms with Crippen LogP contribution in [0.2, 0.25) is 0 Å². The van der Waals surface area contributed by atoms with Gasteiger partial charge in [-0.15, -0.1) is 11.3 Å². The number of amides is 2. The molecule has 1 aliphatic heterocycles. The zero-order valence-corrected chi connectivity index (χ0v) is 18.5. The average Bonchev–Trinajstić information content (AvgIpc) is 3.05. The number of fused-ring (bicyclic) bond motifs is 1. The van der Waals surface area contributed by atoms with E-state index in [-0.39, 0.29) is 36.6 Å². The number of carbonyl (C=O) groups is 3. The van der Waals surface area contributed by atoms with Crippen molar-refractivity contribution in [1.29, 1.82) is 0 Å². The van der Waals surface area contributed by atoms with Crippen molar-refractivity contribution in [3.63, 3.8) is 0 Å². The first-order valence-corrected chi connectivity index (χ1v) is 10.9. The fourth-order valence-electron chi connectivity index (χ4n) is 3.70. The molecule has 160 valence electrons. The number of carbonyl (C=O) groups excluding carboxylic acids is 3. The summed E-state index contributed by atoms with van der Waals surface area (Å²) in [6.07, 6.45) is 1.96. The largest absolute Gasteiger partial charge is 0.462 e. The van der Waals surface area contributed by atoms with Gasteiger partial charge in [0, 0.05) is 18.8 Å². The molecule has 7 nitrogen and oxygen atoms in total. The average molecular weight is 430 g/mol. The maximum Gasteiger partial charge on any atom is 0.341 e. The van der Waals surface area contributed by atoms with Crippen molar-refractivity contribution in [3.05, 3.63) is 45.8 Å². The first-order valence-electron chi connectivity index (χ1n) is 10.0. The summed E-state index contributed by atoms with van der Waals surface area (Å²) in [4.78, 5) is 40.1. The van der Waals surface area contributed by atoms with Gasteiger partial charge in [0.15, 0.2) is 0 Å². The molecule has 0 saturated carbocycles. The molecule has 2 heterocycles. The van der Waals surface area contributed by atoms with E-state index in [1.165, 1.54) is 12.6 Å². The summed E-state index contributed by atoms with van der Waals surface area (Å²) >= 11 is 1.09. The highest BCUT2D eigenvalue weighted by atomic mass is 32.1. The van der Waals surface area contributed by atoms with Crippen LogP contribution in [0.3, 0.4) is 0 Å². The van der Waals surface area contributed by atoms with E-state index in [1.54, 1.807) is 13.8 Å². The minimum atomic E-state index is -0.548. The Balaban J connectivity index is 1.86. The summed E-state index contributed by atoms with van der Waals surface area (Å²) in [7, 11) is 1.53. The molecule has 1 aromatic carbocycles. The van der Waals surface area contributed by atoms with Gasteiger partial charge in [0.05, 0.1) is 23.6 Å². The van der Waals surface area contributed by atoms with Crippen molar-refractivity contribution in [2.24, 2.45) is 0 Å². The van der Waals surface area contributed by atoms with Gasteiger partial charge in [-0.05, 0) is 50.8 Å². The zero-order chi connectivity index (χ0) is 21.8. The molecular weight excluding hydrogens is 402 g/mol. The highest BCUT2D eigenvalue weighted by Gasteiger charge is 2.28. The van der Waals surface area contributed by atoms with Crippen LogP contribution in [-0.4, -0.2) is 44.0 Å². The molecule has 0 saturated heterocycles. The van der Waals surface area contributed by atoms with Crippen LogP contribution in [0.5, 0.6) is 0 Å². The maximum absolute atomic E-state index is 12.9. The second-order valence-electron chi connectivity index (χ2n) is 7.25. The van der Waals surface area contributed by atoms with Crippen LogP contribution >= 0.6 is 11.3 Å². The lowest BCUT2D eigenvalue weighted by Crippen LogP contribution is -2.42. The van der Waals surface area contributed by atoms with Crippen molar-refractivity contribution in [2.75, 3.05) is 30.4 Å². The molecule has 1 aliphatic rings. The van der Waals surface area contributed by atoms with Gasteiger partial charge < -0.3 is 20.3 Å². The van der Waals surface area contributed by atoms with E-state index in [9.17, 15) is 14.4 Å². The van der Waals surface area contributed by atoms with Gasteiger partial charge in [-0.2, -0.15) is 0 Å². The van der Waals surface area contributed by atoms with E-state index in [4.69, 9.17) is 4.74 Å². The van der Waals surface area contributed by atoms with Crippen molar-refractivity contribution in [3.8, 4) is 0 Å². The Hall–Kier alpha value is -2.87. The number of hydrogen-bond donors (Lipinski definition) is 2. The predicted molar refractivity (Wildman–Crippen MR) is 119 cm³/mol. The number of para-hydroxylation sites is 1. The molecule has 1 aromatic heterocycles. The van der Waals surface area contributed by atoms with Crippen LogP contribution in [0.4, 0.5) is 10.7 Å². The van der Waals surface area contributed by atoms with Crippen molar-refractivity contribution < 1.29 is 19.1 Å². The normalized spacial score (nSPS) is 15.3. The molecule has 0 aliphatic carbocycles. The highest BCUT2D eigenvalue weighted by molar-refractivity contribution is 7.18. The van der Waals surface area contributed by atoms with E-state index in [1.807, 2.05) is 18.2 Å². The molecule has 2 N–H and O–H groups in total. The quantitative estimate of drug-likeness (QED) is 0.688. The Bertz CT molecular complexity index is 969. The number of rotatable bonds is 6. The minimum Gasteiger partial charge on any atom is -0.462 e. The Labute approximate surface area is 180 Å². The third-order valence-electron chi connectivity index (χ3n) is 5.29. The van der Waals surface area contributed by atoms with E-state index in [0.717, 1.165) is 29.9 Å². The monoisotopic (exact) mass is 429 g/mol. The van der Waals surface area contributed by atoms with Gasteiger partial charge in [0.2, 0.25) is 5.91 Å². The minimum absolute atomic E-state index is 0.159. The molecule has 0 spiro atoms. The van der Waals surface area contributed by atoms with Crippen molar-refractivity contribution >= 4 is 39.8 Å². The number of aryl methyl sites for hydroxylation is 1. The molecule has 0 bridgehead atoms. The van der Waals surface area contributed by atoms with Crippen LogP contribution < -0.4 is 15.5 Å². The molecule has 2 aromatic rings. The lowest BCUT2D eigenvalue weighted by molar-refractivity contribution is -0.115. The lowest BCUT2D eigenvalue weighted by atomic mass is 9.96. The molecule has 3 rings (SSSR count). The Morgan fingerprint density at radius 3 is 2.70 bits per heavy atom. The predicted octanol–water partition coefficient (Wildman–Crippen LogP) is 3.37. The molecule has 8 heteroatoms. The molecule has 30 heavy (non-hydrogen) atoms. The summed E-state index contributed by atoms with van der Waals surface area (Å²) in [6, 6.07) is 8.32. The second kappa shape index (κ2) is 9.30. The van der Waals surface area contributed by atoms with E-state index in [2.05, 4.69) is 28.5 Å². The summed E-state index contributed by atoms with van der Waals surface area (Å²) < 4.78 is 5.15. The number of nitrogens with zero attached hydrogens (tertiary/aromatic N) is 1. The first kappa shape index (κ1) is 21.8. The van der Waals surface area contributed by atoms with Gasteiger partial charge >= 0.3 is 5.97 Å². The molecule has 1 atom stereocenters. The molecule has 1 unspecified atom stereocenters. The molecule has 2 amide bonds. The van der Waals surface area contributed by atoms with Crippen LogP contribution in [0.25, 0.3) is 0 Å². The lowest BCUT2D eigenvalue weighted by Gasteiger charge is -2.36. The zero-order valence-electron chi connectivity index (χ0n) is 17.7. The third-order valence-corrected chi connectivity index (χ3v) is 6.50. The Kier molecular flexibility index (Phi) is 6.77. The molecular formula is C22H27N3O4S. The summed E-state index contributed by atoms with van der Waals surface area (Å²) in [5.74, 6) is -1.09. The number of thiophene rings is 1. The maximum atomic E-state index is 12.9. The number of ether oxygens (including phenoxy) is 1. The number of nitrogens with one attached hydrogen (secondary N) is 2.